The van der Waals surface area contributed by atoms with E-state index in [1.54, 1.807) is 9.76 Å². The molecule has 0 radical (unpaired) electrons. The molecule has 5 heteroatoms. The zero-order chi connectivity index (χ0) is 10.3. The lowest BCUT2D eigenvalue weighted by atomic mass is 10.2. The van der Waals surface area contributed by atoms with E-state index < -0.39 is 0 Å². The average molecular weight is 250 g/mol. The zero-order valence-corrected chi connectivity index (χ0v) is 16.4. The van der Waals surface area contributed by atoms with Crippen LogP contribution in [-0.4, -0.2) is 52.7 Å². The molecule has 0 aromatic heterocycles. The number of hydrogen-bond acceptors (Lipinski definition) is 1. The molecule has 0 aromatic carbocycles. The second-order valence-corrected chi connectivity index (χ2v) is 28.8. The maximum atomic E-state index is 2.91. The van der Waals surface area contributed by atoms with Crippen molar-refractivity contribution in [1.82, 2.24) is 4.57 Å². The van der Waals surface area contributed by atoms with Crippen LogP contribution in [0.2, 0.25) is 0 Å². The molecule has 2 atom stereocenters. The summed E-state index contributed by atoms with van der Waals surface area (Å²) in [5.41, 5.74) is 0. The monoisotopic (exact) mass is 249 g/mol. The summed E-state index contributed by atoms with van der Waals surface area (Å²) in [5.74, 6) is 0. The lowest BCUT2D eigenvalue weighted by molar-refractivity contribution is 0.273. The summed E-state index contributed by atoms with van der Waals surface area (Å²) >= 11 is 0. The number of rotatable bonds is 7. The van der Waals surface area contributed by atoms with Crippen molar-refractivity contribution in [3.05, 3.63) is 0 Å². The molecule has 80 valence electrons. The molecule has 2 unspecified atom stereocenters. The van der Waals surface area contributed by atoms with Crippen LogP contribution >= 0.6 is 0 Å². The van der Waals surface area contributed by atoms with Crippen molar-refractivity contribution in [2.45, 2.75) is 52.6 Å². The Morgan fingerprint density at radius 3 is 1.92 bits per heavy atom. The predicted octanol–water partition coefficient (Wildman–Crippen LogP) is -1.58. The van der Waals surface area contributed by atoms with Gasteiger partial charge < -0.3 is 4.57 Å². The normalized spacial score (nSPS) is 19.2. The third kappa shape index (κ3) is 5.31. The Hall–Kier alpha value is 0.828. The smallest absolute Gasteiger partial charge is 0.0767 e. The molecule has 0 saturated heterocycles. The summed E-state index contributed by atoms with van der Waals surface area (Å²) in [6, 6.07) is 1.77. The molecule has 0 spiro atoms. The number of hydrogen-bond donors (Lipinski definition) is 0. The fourth-order valence-electron chi connectivity index (χ4n) is 1.68. The second-order valence-electron chi connectivity index (χ2n) is 4.11. The largest absolute Gasteiger partial charge is 0.327 e. The Bertz CT molecular complexity index is 113. The van der Waals surface area contributed by atoms with E-state index in [4.69, 9.17) is 0 Å². The van der Waals surface area contributed by atoms with Gasteiger partial charge in [0.15, 0.2) is 0 Å². The highest BCUT2D eigenvalue weighted by Gasteiger charge is 2.16. The first-order valence-corrected chi connectivity index (χ1v) is 20.2. The van der Waals surface area contributed by atoms with Crippen LogP contribution in [0.15, 0.2) is 0 Å². The molecule has 0 fully saturated rings. The first-order valence-electron chi connectivity index (χ1n) is 5.93. The molecular formula is C8H27NSi4. The molecule has 0 aromatic rings. The van der Waals surface area contributed by atoms with E-state index >= 15 is 0 Å². The molecule has 0 rings (SSSR count). The van der Waals surface area contributed by atoms with Gasteiger partial charge in [-0.3, -0.25) is 0 Å². The summed E-state index contributed by atoms with van der Waals surface area (Å²) in [5, 5.41) is 0. The average Bonchev–Trinajstić information content (AvgIpc) is 2.17. The van der Waals surface area contributed by atoms with Gasteiger partial charge in [-0.25, -0.2) is 0 Å². The lowest BCUT2D eigenvalue weighted by Gasteiger charge is -2.33. The molecule has 0 aliphatic heterocycles. The third-order valence-electron chi connectivity index (χ3n) is 3.08. The van der Waals surface area contributed by atoms with Crippen molar-refractivity contribution in [3.8, 4) is 0 Å². The summed E-state index contributed by atoms with van der Waals surface area (Å²) in [6.07, 6.45) is 2.71. The van der Waals surface area contributed by atoms with Crippen molar-refractivity contribution in [1.29, 1.82) is 0 Å². The SMILES string of the molecule is CCC(C)N([SiH2][SiH2][SiH2][SiH3])C(C)CC. The highest BCUT2D eigenvalue weighted by atomic mass is 29.7. The van der Waals surface area contributed by atoms with E-state index in [9.17, 15) is 0 Å². The molecule has 0 heterocycles. The summed E-state index contributed by atoms with van der Waals surface area (Å²) < 4.78 is 2.91. The maximum Gasteiger partial charge on any atom is 0.0767 e. The Morgan fingerprint density at radius 2 is 1.62 bits per heavy atom. The van der Waals surface area contributed by atoms with Gasteiger partial charge in [0, 0.05) is 8.55 Å². The fraction of sp³-hybridized carbons (Fsp3) is 1.00. The van der Waals surface area contributed by atoms with Gasteiger partial charge in [0.25, 0.3) is 0 Å². The van der Waals surface area contributed by atoms with Gasteiger partial charge >= 0.3 is 0 Å². The van der Waals surface area contributed by atoms with Crippen LogP contribution in [0.4, 0.5) is 0 Å². The first-order chi connectivity index (χ1) is 6.17. The van der Waals surface area contributed by atoms with E-state index in [2.05, 4.69) is 32.3 Å². The van der Waals surface area contributed by atoms with Crippen molar-refractivity contribution < 1.29 is 0 Å². The Morgan fingerprint density at radius 1 is 1.15 bits per heavy atom. The molecule has 0 aliphatic carbocycles. The van der Waals surface area contributed by atoms with Gasteiger partial charge in [-0.05, 0) is 43.2 Å². The highest BCUT2D eigenvalue weighted by molar-refractivity contribution is 7.40. The molecule has 1 nitrogen and oxygen atoms in total. The lowest BCUT2D eigenvalue weighted by Crippen LogP contribution is -2.45. The van der Waals surface area contributed by atoms with Gasteiger partial charge in [0.1, 0.15) is 0 Å². The summed E-state index contributed by atoms with van der Waals surface area (Å²) in [4.78, 5) is 0. The molecular weight excluding hydrogens is 222 g/mol. The van der Waals surface area contributed by atoms with Gasteiger partial charge in [-0.2, -0.15) is 0 Å². The van der Waals surface area contributed by atoms with E-state index in [0.29, 0.717) is 17.1 Å². The zero-order valence-electron chi connectivity index (χ0n) is 10.1. The standard InChI is InChI=1S/C8H27NSi4/c1-5-7(3)9(8(4)6-2)11-13-12-10/h7-8H,5-6,11-13H2,1-4,10H3. The van der Waals surface area contributed by atoms with E-state index in [-0.39, 0.29) is 9.20 Å². The van der Waals surface area contributed by atoms with Crippen LogP contribution in [0.3, 0.4) is 0 Å². The van der Waals surface area contributed by atoms with Crippen molar-refractivity contribution >= 4 is 36.1 Å². The van der Waals surface area contributed by atoms with Crippen molar-refractivity contribution in [2.75, 3.05) is 0 Å². The van der Waals surface area contributed by atoms with Gasteiger partial charge in [0.05, 0.1) is 9.20 Å². The Balaban J connectivity index is 4.01. The van der Waals surface area contributed by atoms with Crippen molar-refractivity contribution in [2.24, 2.45) is 0 Å². The van der Waals surface area contributed by atoms with E-state index in [0.717, 1.165) is 12.1 Å². The molecule has 0 aliphatic rings. The molecule has 13 heavy (non-hydrogen) atoms. The fourth-order valence-corrected chi connectivity index (χ4v) is 23.1. The summed E-state index contributed by atoms with van der Waals surface area (Å²) in [7, 11) is 3.00. The van der Waals surface area contributed by atoms with Crippen LogP contribution in [0.25, 0.3) is 0 Å². The minimum absolute atomic E-state index is 0.277. The second kappa shape index (κ2) is 8.16. The third-order valence-corrected chi connectivity index (χ3v) is 38.8. The van der Waals surface area contributed by atoms with Crippen LogP contribution < -0.4 is 0 Å². The topological polar surface area (TPSA) is 3.24 Å². The predicted molar refractivity (Wildman–Crippen MR) is 76.9 cm³/mol. The van der Waals surface area contributed by atoms with Crippen LogP contribution in [-0.2, 0) is 0 Å². The van der Waals surface area contributed by atoms with E-state index in [1.807, 2.05) is 0 Å². The van der Waals surface area contributed by atoms with E-state index in [1.165, 1.54) is 12.8 Å². The van der Waals surface area contributed by atoms with Gasteiger partial charge in [0.2, 0.25) is 0 Å². The minimum atomic E-state index is 0.277. The molecule has 0 bridgehead atoms. The highest BCUT2D eigenvalue weighted by Crippen LogP contribution is 2.09. The van der Waals surface area contributed by atoms with Gasteiger partial charge in [-0.15, -0.1) is 0 Å². The van der Waals surface area contributed by atoms with Crippen molar-refractivity contribution in [3.63, 3.8) is 0 Å². The van der Waals surface area contributed by atoms with Crippen LogP contribution in [0.1, 0.15) is 40.5 Å². The molecule has 0 amide bonds. The molecule has 0 saturated carbocycles. The quantitative estimate of drug-likeness (QED) is 0.492. The first kappa shape index (κ1) is 13.8. The van der Waals surface area contributed by atoms with Crippen LogP contribution in [0, 0.1) is 0 Å². The van der Waals surface area contributed by atoms with Gasteiger partial charge in [-0.1, -0.05) is 27.7 Å². The number of nitrogens with zero attached hydrogens (tertiary/aromatic N) is 1. The minimum Gasteiger partial charge on any atom is -0.327 e. The molecule has 0 N–H and O–H groups in total. The maximum absolute atomic E-state index is 2.91. The Labute approximate surface area is 93.4 Å². The van der Waals surface area contributed by atoms with Crippen LogP contribution in [0.5, 0.6) is 0 Å². The summed E-state index contributed by atoms with van der Waals surface area (Å²) in [6.45, 7) is 9.55. The Kier molecular flexibility index (Phi) is 8.68.